The molecule has 32 heavy (non-hydrogen) atoms. The first-order valence-corrected chi connectivity index (χ1v) is 13.0. The monoisotopic (exact) mass is 474 g/mol. The lowest BCUT2D eigenvalue weighted by Gasteiger charge is -2.08. The van der Waals surface area contributed by atoms with E-state index in [4.69, 9.17) is 4.74 Å². The second-order valence-electron chi connectivity index (χ2n) is 6.92. The zero-order valence-electron chi connectivity index (χ0n) is 23.7. The molecule has 0 unspecified atom stereocenters. The highest BCUT2D eigenvalue weighted by Gasteiger charge is 2.04. The summed E-state index contributed by atoms with van der Waals surface area (Å²) in [6.07, 6.45) is 6.79. The number of hydrogen-bond acceptors (Lipinski definition) is 6. The molecule has 0 saturated heterocycles. The van der Waals surface area contributed by atoms with Crippen LogP contribution in [0.4, 0.5) is 5.82 Å². The highest BCUT2D eigenvalue weighted by molar-refractivity contribution is 7.77. The molecule has 0 atom stereocenters. The number of aromatic nitrogens is 2. The molecular formula is C26H58N4OS. The predicted octanol–water partition coefficient (Wildman–Crippen LogP) is 7.84. The molecule has 0 aromatic carbocycles. The van der Waals surface area contributed by atoms with Crippen molar-refractivity contribution in [1.29, 1.82) is 0 Å². The van der Waals surface area contributed by atoms with Crippen LogP contribution in [0.5, 0.6) is 0 Å². The largest absolute Gasteiger partial charge is 0.383 e. The second kappa shape index (κ2) is 40.3. The molecule has 0 bridgehead atoms. The average Bonchev–Trinajstić information content (AvgIpc) is 2.80. The lowest BCUT2D eigenvalue weighted by atomic mass is 10.1. The molecule has 0 aliphatic carbocycles. The minimum Gasteiger partial charge on any atom is -0.383 e. The van der Waals surface area contributed by atoms with Crippen molar-refractivity contribution in [1.82, 2.24) is 15.3 Å². The molecule has 0 radical (unpaired) electrons. The van der Waals surface area contributed by atoms with Crippen molar-refractivity contribution in [3.63, 3.8) is 0 Å². The topological polar surface area (TPSA) is 59.1 Å². The number of aryl methyl sites for hydroxylation is 1. The lowest BCUT2D eigenvalue weighted by molar-refractivity contribution is 0.201. The second-order valence-corrected chi connectivity index (χ2v) is 6.92. The summed E-state index contributed by atoms with van der Waals surface area (Å²) in [5, 5.41) is 6.14. The van der Waals surface area contributed by atoms with Gasteiger partial charge in [0.1, 0.15) is 11.6 Å². The summed E-state index contributed by atoms with van der Waals surface area (Å²) in [7, 11) is 3.59. The first-order valence-electron chi connectivity index (χ1n) is 12.4. The third-order valence-corrected chi connectivity index (χ3v) is 3.32. The minimum atomic E-state index is 0.458. The van der Waals surface area contributed by atoms with Crippen molar-refractivity contribution < 1.29 is 4.74 Å². The number of ether oxygens (including phenoxy) is 1. The number of likely N-dealkylation sites (N-methyl/N-ethyl adjacent to an activating group) is 1. The van der Waals surface area contributed by atoms with Gasteiger partial charge in [0.15, 0.2) is 0 Å². The molecule has 194 valence electrons. The van der Waals surface area contributed by atoms with E-state index in [-0.39, 0.29) is 0 Å². The molecule has 1 aromatic heterocycles. The van der Waals surface area contributed by atoms with E-state index in [1.807, 2.05) is 33.9 Å². The summed E-state index contributed by atoms with van der Waals surface area (Å²) in [6.45, 7) is 23.6. The Morgan fingerprint density at radius 3 is 1.75 bits per heavy atom. The van der Waals surface area contributed by atoms with Gasteiger partial charge in [0, 0.05) is 32.0 Å². The Bertz CT molecular complexity index is 416. The molecule has 1 aromatic rings. The Balaban J connectivity index is -0.000000108. The Morgan fingerprint density at radius 1 is 1.00 bits per heavy atom. The van der Waals surface area contributed by atoms with Gasteiger partial charge < -0.3 is 15.4 Å². The molecule has 1 rings (SSSR count). The van der Waals surface area contributed by atoms with E-state index in [9.17, 15) is 0 Å². The Kier molecular flexibility index (Phi) is 51.8. The van der Waals surface area contributed by atoms with Crippen LogP contribution in [-0.2, 0) is 4.74 Å². The smallest absolute Gasteiger partial charge is 0.129 e. The Hall–Kier alpha value is -1.11. The van der Waals surface area contributed by atoms with Gasteiger partial charge >= 0.3 is 0 Å². The van der Waals surface area contributed by atoms with Crippen molar-refractivity contribution in [2.24, 2.45) is 0 Å². The highest BCUT2D eigenvalue weighted by Crippen LogP contribution is 2.14. The van der Waals surface area contributed by atoms with Crippen LogP contribution in [0.15, 0.2) is 6.07 Å². The predicted molar refractivity (Wildman–Crippen MR) is 153 cm³/mol. The number of hydrogen-bond donors (Lipinski definition) is 2. The van der Waals surface area contributed by atoms with Crippen LogP contribution in [0.1, 0.15) is 112 Å². The third-order valence-electron chi connectivity index (χ3n) is 3.32. The molecule has 0 amide bonds. The van der Waals surface area contributed by atoms with E-state index >= 15 is 0 Å². The molecule has 0 fully saturated rings. The SMILES string of the molecule is C=S.CC.CCC.CCCCCC.CCNc1cc(C(C)C)nc(C)n1.CNCCOC. The molecule has 5 nitrogen and oxygen atoms in total. The molecule has 6 heteroatoms. The summed E-state index contributed by atoms with van der Waals surface area (Å²) >= 11 is 3.83. The summed E-state index contributed by atoms with van der Waals surface area (Å²) < 4.78 is 4.72. The molecule has 2 N–H and O–H groups in total. The van der Waals surface area contributed by atoms with Gasteiger partial charge in [0.2, 0.25) is 0 Å². The normalized spacial score (nSPS) is 8.53. The number of unbranched alkanes of at least 4 members (excludes halogenated alkanes) is 3. The molecule has 0 aliphatic rings. The number of thiocarbonyl (C=S) groups is 1. The Labute approximate surface area is 208 Å². The maximum Gasteiger partial charge on any atom is 0.129 e. The molecular weight excluding hydrogens is 416 g/mol. The van der Waals surface area contributed by atoms with Crippen molar-refractivity contribution in [2.45, 2.75) is 107 Å². The zero-order chi connectivity index (χ0) is 26.2. The Morgan fingerprint density at radius 2 is 1.47 bits per heavy atom. The van der Waals surface area contributed by atoms with Crippen molar-refractivity contribution in [3.05, 3.63) is 17.6 Å². The number of nitrogens with one attached hydrogen (secondary N) is 2. The van der Waals surface area contributed by atoms with E-state index in [1.54, 1.807) is 7.11 Å². The minimum absolute atomic E-state index is 0.458. The van der Waals surface area contributed by atoms with Gasteiger partial charge in [-0.3, -0.25) is 0 Å². The van der Waals surface area contributed by atoms with Crippen molar-refractivity contribution in [3.8, 4) is 0 Å². The summed E-state index contributed by atoms with van der Waals surface area (Å²) in [5.41, 5.74) is 1.10. The number of nitrogens with zero attached hydrogens (tertiary/aromatic N) is 2. The van der Waals surface area contributed by atoms with E-state index < -0.39 is 0 Å². The van der Waals surface area contributed by atoms with Gasteiger partial charge in [-0.15, -0.1) is 0 Å². The van der Waals surface area contributed by atoms with Crippen molar-refractivity contribution >= 4 is 23.9 Å². The van der Waals surface area contributed by atoms with Gasteiger partial charge in [-0.05, 0) is 32.7 Å². The maximum atomic E-state index is 4.72. The first kappa shape index (κ1) is 41.2. The quantitative estimate of drug-likeness (QED) is 0.281. The lowest BCUT2D eigenvalue weighted by Crippen LogP contribution is -2.12. The van der Waals surface area contributed by atoms with Crippen LogP contribution in [-0.4, -0.2) is 49.7 Å². The van der Waals surface area contributed by atoms with E-state index in [1.165, 1.54) is 32.1 Å². The van der Waals surface area contributed by atoms with Crippen LogP contribution in [0, 0.1) is 6.92 Å². The summed E-state index contributed by atoms with van der Waals surface area (Å²) in [4.78, 5) is 8.65. The number of methoxy groups -OCH3 is 1. The van der Waals surface area contributed by atoms with Crippen LogP contribution in [0.2, 0.25) is 0 Å². The fourth-order valence-corrected chi connectivity index (χ4v) is 1.86. The number of anilines is 1. The van der Waals surface area contributed by atoms with E-state index in [2.05, 4.69) is 87.2 Å². The van der Waals surface area contributed by atoms with Crippen LogP contribution >= 0.6 is 12.2 Å². The molecule has 1 heterocycles. The molecule has 0 saturated carbocycles. The average molecular weight is 475 g/mol. The van der Waals surface area contributed by atoms with Gasteiger partial charge in [-0.2, -0.15) is 0 Å². The van der Waals surface area contributed by atoms with E-state index in [0.717, 1.165) is 37.0 Å². The third kappa shape index (κ3) is 39.4. The summed E-state index contributed by atoms with van der Waals surface area (Å²) in [6, 6.07) is 2.02. The number of rotatable bonds is 9. The molecule has 0 spiro atoms. The van der Waals surface area contributed by atoms with Crippen LogP contribution in [0.25, 0.3) is 0 Å². The molecule has 0 aliphatic heterocycles. The van der Waals surface area contributed by atoms with E-state index in [0.29, 0.717) is 5.92 Å². The van der Waals surface area contributed by atoms with Gasteiger partial charge in [-0.1, -0.05) is 99.7 Å². The van der Waals surface area contributed by atoms with Crippen molar-refractivity contribution in [2.75, 3.05) is 39.2 Å². The first-order chi connectivity index (χ1) is 15.4. The van der Waals surface area contributed by atoms with Gasteiger partial charge in [0.25, 0.3) is 0 Å². The summed E-state index contributed by atoms with van der Waals surface area (Å²) in [5.74, 6) is 5.06. The fourth-order valence-electron chi connectivity index (χ4n) is 1.86. The zero-order valence-corrected chi connectivity index (χ0v) is 24.5. The highest BCUT2D eigenvalue weighted by atomic mass is 32.1. The van der Waals surface area contributed by atoms with Gasteiger partial charge in [-0.25, -0.2) is 9.97 Å². The fraction of sp³-hybridized carbons (Fsp3) is 0.808. The van der Waals surface area contributed by atoms with Crippen LogP contribution < -0.4 is 10.6 Å². The standard InChI is InChI=1S/C10H17N3.C6H14.C4H11NO.C3H8.C2H6.CH2S/c1-5-11-10-6-9(7(2)3)12-8(4)13-10;1-3-5-6-4-2;1-5-3-4-6-2;1-3-2;2*1-2/h6-7H,5H2,1-4H3,(H,11,12,13);3-6H2,1-2H3;5H,3-4H2,1-2H3;3H2,1-2H3;1-2H3;1H2. The van der Waals surface area contributed by atoms with Gasteiger partial charge in [0.05, 0.1) is 6.61 Å². The maximum absolute atomic E-state index is 4.72. The van der Waals surface area contributed by atoms with Crippen LogP contribution in [0.3, 0.4) is 0 Å².